The van der Waals surface area contributed by atoms with Crippen molar-refractivity contribution in [2.75, 3.05) is 0 Å². The SMILES string of the molecule is O=[N+]([O-])c1cccc(C=Nc2ccc3oc(-c4cccc5c(Br)cccc45)nc3c2)c1O. The molecule has 0 aliphatic rings. The molecule has 0 atom stereocenters. The van der Waals surface area contributed by atoms with Crippen LogP contribution in [0.1, 0.15) is 5.56 Å². The molecule has 0 aliphatic heterocycles. The maximum atomic E-state index is 11.0. The average molecular weight is 488 g/mol. The molecule has 0 aliphatic carbocycles. The third-order valence-corrected chi connectivity index (χ3v) is 5.76. The molecule has 8 heteroatoms. The molecule has 1 heterocycles. The summed E-state index contributed by atoms with van der Waals surface area (Å²) in [4.78, 5) is 19.3. The number of phenolic OH excluding ortho intramolecular Hbond substituents is 1. The summed E-state index contributed by atoms with van der Waals surface area (Å²) < 4.78 is 6.98. The highest BCUT2D eigenvalue weighted by atomic mass is 79.9. The van der Waals surface area contributed by atoms with Gasteiger partial charge in [0.25, 0.3) is 0 Å². The topological polar surface area (TPSA) is 102 Å². The summed E-state index contributed by atoms with van der Waals surface area (Å²) in [5.74, 6) is 0.0781. The third-order valence-electron chi connectivity index (χ3n) is 5.07. The third kappa shape index (κ3) is 3.50. The number of fused-ring (bicyclic) bond motifs is 2. The van der Waals surface area contributed by atoms with E-state index in [4.69, 9.17) is 4.42 Å². The average Bonchev–Trinajstić information content (AvgIpc) is 3.21. The van der Waals surface area contributed by atoms with Gasteiger partial charge in [-0.15, -0.1) is 0 Å². The molecule has 32 heavy (non-hydrogen) atoms. The van der Waals surface area contributed by atoms with E-state index in [0.29, 0.717) is 22.7 Å². The van der Waals surface area contributed by atoms with E-state index < -0.39 is 10.7 Å². The second kappa shape index (κ2) is 7.90. The zero-order chi connectivity index (χ0) is 22.2. The van der Waals surface area contributed by atoms with Crippen LogP contribution in [0.15, 0.2) is 86.7 Å². The molecule has 5 aromatic rings. The smallest absolute Gasteiger partial charge is 0.311 e. The number of oxazole rings is 1. The van der Waals surface area contributed by atoms with Gasteiger partial charge in [0.15, 0.2) is 5.58 Å². The zero-order valence-corrected chi connectivity index (χ0v) is 18.0. The van der Waals surface area contributed by atoms with Gasteiger partial charge in [-0.05, 0) is 47.2 Å². The first-order valence-electron chi connectivity index (χ1n) is 9.60. The van der Waals surface area contributed by atoms with Crippen molar-refractivity contribution >= 4 is 55.4 Å². The normalized spacial score (nSPS) is 11.5. The van der Waals surface area contributed by atoms with E-state index in [9.17, 15) is 15.2 Å². The van der Waals surface area contributed by atoms with Crippen LogP contribution in [0, 0.1) is 10.1 Å². The number of hydrogen-bond acceptors (Lipinski definition) is 6. The van der Waals surface area contributed by atoms with Crippen molar-refractivity contribution < 1.29 is 14.4 Å². The van der Waals surface area contributed by atoms with Gasteiger partial charge in [0.05, 0.1) is 10.6 Å². The molecule has 0 unspecified atom stereocenters. The first kappa shape index (κ1) is 19.9. The predicted molar refractivity (Wildman–Crippen MR) is 127 cm³/mol. The van der Waals surface area contributed by atoms with Crippen molar-refractivity contribution in [2.45, 2.75) is 0 Å². The predicted octanol–water partition coefficient (Wildman–Crippen LogP) is 6.77. The molecule has 0 amide bonds. The minimum Gasteiger partial charge on any atom is -0.502 e. The van der Waals surface area contributed by atoms with Crippen LogP contribution < -0.4 is 0 Å². The van der Waals surface area contributed by atoms with E-state index in [-0.39, 0.29) is 11.3 Å². The minimum absolute atomic E-state index is 0.251. The molecule has 0 bridgehead atoms. The molecular weight excluding hydrogens is 474 g/mol. The number of nitro groups is 1. The molecule has 156 valence electrons. The van der Waals surface area contributed by atoms with Gasteiger partial charge in [-0.1, -0.05) is 46.3 Å². The summed E-state index contributed by atoms with van der Waals surface area (Å²) >= 11 is 3.58. The van der Waals surface area contributed by atoms with Crippen molar-refractivity contribution in [1.29, 1.82) is 0 Å². The fourth-order valence-electron chi connectivity index (χ4n) is 3.51. The number of aromatic nitrogens is 1. The molecule has 5 rings (SSSR count). The van der Waals surface area contributed by atoms with E-state index >= 15 is 0 Å². The van der Waals surface area contributed by atoms with Gasteiger partial charge < -0.3 is 9.52 Å². The molecule has 7 nitrogen and oxygen atoms in total. The Kier molecular flexibility index (Phi) is 4.91. The molecule has 0 saturated carbocycles. The van der Waals surface area contributed by atoms with Crippen LogP contribution in [-0.4, -0.2) is 21.2 Å². The van der Waals surface area contributed by atoms with E-state index in [1.807, 2.05) is 36.4 Å². The lowest BCUT2D eigenvalue weighted by atomic mass is 10.0. The number of benzene rings is 4. The molecule has 1 N–H and O–H groups in total. The van der Waals surface area contributed by atoms with E-state index in [2.05, 4.69) is 25.9 Å². The van der Waals surface area contributed by atoms with Crippen LogP contribution in [0.5, 0.6) is 5.75 Å². The van der Waals surface area contributed by atoms with Crippen LogP contribution in [0.4, 0.5) is 11.4 Å². The number of halogens is 1. The van der Waals surface area contributed by atoms with Gasteiger partial charge >= 0.3 is 5.69 Å². The number of rotatable bonds is 4. The molecule has 1 aromatic heterocycles. The summed E-state index contributed by atoms with van der Waals surface area (Å²) in [7, 11) is 0. The van der Waals surface area contributed by atoms with E-state index in [0.717, 1.165) is 20.8 Å². The second-order valence-electron chi connectivity index (χ2n) is 7.04. The van der Waals surface area contributed by atoms with E-state index in [1.165, 1.54) is 18.3 Å². The maximum absolute atomic E-state index is 11.0. The van der Waals surface area contributed by atoms with E-state index in [1.54, 1.807) is 24.3 Å². The number of nitrogens with zero attached hydrogens (tertiary/aromatic N) is 3. The molecule has 0 saturated heterocycles. The van der Waals surface area contributed by atoms with Crippen molar-refractivity contribution in [3.8, 4) is 17.2 Å². The quantitative estimate of drug-likeness (QED) is 0.171. The second-order valence-corrected chi connectivity index (χ2v) is 7.90. The summed E-state index contributed by atoms with van der Waals surface area (Å²) in [6.45, 7) is 0. The highest BCUT2D eigenvalue weighted by Crippen LogP contribution is 2.34. The first-order chi connectivity index (χ1) is 15.5. The van der Waals surface area contributed by atoms with Crippen LogP contribution in [0.3, 0.4) is 0 Å². The van der Waals surface area contributed by atoms with Crippen LogP contribution in [0.25, 0.3) is 33.3 Å². The summed E-state index contributed by atoms with van der Waals surface area (Å²) in [5.41, 5.74) is 2.58. The fraction of sp³-hybridized carbons (Fsp3) is 0. The Morgan fingerprint density at radius 2 is 1.81 bits per heavy atom. The summed E-state index contributed by atoms with van der Waals surface area (Å²) in [5, 5.41) is 23.2. The maximum Gasteiger partial charge on any atom is 0.311 e. The number of aliphatic imine (C=N–C) groups is 1. The largest absolute Gasteiger partial charge is 0.502 e. The number of nitro benzene ring substituents is 1. The Labute approximate surface area is 189 Å². The van der Waals surface area contributed by atoms with Gasteiger partial charge in [-0.3, -0.25) is 15.1 Å². The van der Waals surface area contributed by atoms with Crippen LogP contribution in [0.2, 0.25) is 0 Å². The van der Waals surface area contributed by atoms with Crippen molar-refractivity contribution in [1.82, 2.24) is 4.98 Å². The van der Waals surface area contributed by atoms with Gasteiger partial charge in [0.1, 0.15) is 5.52 Å². The Balaban J connectivity index is 1.52. The van der Waals surface area contributed by atoms with Gasteiger partial charge in [-0.2, -0.15) is 0 Å². The summed E-state index contributed by atoms with van der Waals surface area (Å²) in [6.07, 6.45) is 1.38. The lowest BCUT2D eigenvalue weighted by Gasteiger charge is -2.04. The lowest BCUT2D eigenvalue weighted by Crippen LogP contribution is -1.91. The minimum atomic E-state index is -0.637. The van der Waals surface area contributed by atoms with Gasteiger partial charge in [-0.25, -0.2) is 4.98 Å². The number of aromatic hydroxyl groups is 1. The highest BCUT2D eigenvalue weighted by Gasteiger charge is 2.15. The number of hydrogen-bond donors (Lipinski definition) is 1. The Morgan fingerprint density at radius 1 is 1.03 bits per heavy atom. The molecule has 0 fully saturated rings. The van der Waals surface area contributed by atoms with Crippen LogP contribution >= 0.6 is 15.9 Å². The van der Waals surface area contributed by atoms with Crippen LogP contribution in [-0.2, 0) is 0 Å². The fourth-order valence-corrected chi connectivity index (χ4v) is 4.01. The molecule has 0 spiro atoms. The zero-order valence-electron chi connectivity index (χ0n) is 16.4. The first-order valence-corrected chi connectivity index (χ1v) is 10.4. The Hall–Kier alpha value is -4.04. The Morgan fingerprint density at radius 3 is 2.66 bits per heavy atom. The monoisotopic (exact) mass is 487 g/mol. The number of para-hydroxylation sites is 1. The number of phenols is 1. The summed E-state index contributed by atoms with van der Waals surface area (Å²) in [6, 6.07) is 21.5. The van der Waals surface area contributed by atoms with Crippen molar-refractivity contribution in [2.24, 2.45) is 4.99 Å². The molecular formula is C24H14BrN3O4. The van der Waals surface area contributed by atoms with Crippen molar-refractivity contribution in [3.05, 3.63) is 92.9 Å². The van der Waals surface area contributed by atoms with Gasteiger partial charge in [0.2, 0.25) is 11.6 Å². The molecule has 0 radical (unpaired) electrons. The van der Waals surface area contributed by atoms with Crippen molar-refractivity contribution in [3.63, 3.8) is 0 Å². The highest BCUT2D eigenvalue weighted by molar-refractivity contribution is 9.10. The lowest BCUT2D eigenvalue weighted by molar-refractivity contribution is -0.385. The van der Waals surface area contributed by atoms with Gasteiger partial charge in [0, 0.05) is 27.9 Å². The standard InChI is InChI=1S/C24H14BrN3O4/c25-19-8-3-5-16-17(19)6-2-7-18(16)24-27-20-12-15(10-11-22(20)32-24)26-13-14-4-1-9-21(23(14)29)28(30)31/h1-13,29H. The molecule has 4 aromatic carbocycles. The Bertz CT molecular complexity index is 1540.